The summed E-state index contributed by atoms with van der Waals surface area (Å²) in [6.07, 6.45) is 0.172. The molecule has 0 radical (unpaired) electrons. The first kappa shape index (κ1) is 22.2. The lowest BCUT2D eigenvalue weighted by atomic mass is 9.91. The molecule has 1 atom stereocenters. The number of carbonyl (C=O) groups is 3. The minimum atomic E-state index is -0.917. The highest BCUT2D eigenvalue weighted by Gasteiger charge is 2.34. The van der Waals surface area contributed by atoms with E-state index < -0.39 is 23.4 Å². The van der Waals surface area contributed by atoms with Crippen LogP contribution in [0.4, 0.5) is 5.69 Å². The van der Waals surface area contributed by atoms with Gasteiger partial charge in [0.25, 0.3) is 5.91 Å². The molecule has 2 rings (SSSR count). The Bertz CT molecular complexity index is 749. The SMILES string of the molecule is Cc1ccc(Cl)cc1NC(=O)[C@@H](C)OC(=O)C1CCN(C(=O)C(C)(C)C)CC1. The summed E-state index contributed by atoms with van der Waals surface area (Å²) in [4.78, 5) is 38.9. The van der Waals surface area contributed by atoms with Crippen molar-refractivity contribution in [3.63, 3.8) is 0 Å². The van der Waals surface area contributed by atoms with Crippen molar-refractivity contribution in [1.29, 1.82) is 0 Å². The zero-order chi connectivity index (χ0) is 21.1. The highest BCUT2D eigenvalue weighted by molar-refractivity contribution is 6.31. The van der Waals surface area contributed by atoms with Gasteiger partial charge >= 0.3 is 5.97 Å². The van der Waals surface area contributed by atoms with E-state index in [1.807, 2.05) is 27.7 Å². The minimum absolute atomic E-state index is 0.0870. The van der Waals surface area contributed by atoms with Crippen molar-refractivity contribution in [2.75, 3.05) is 18.4 Å². The Labute approximate surface area is 171 Å². The number of nitrogens with zero attached hydrogens (tertiary/aromatic N) is 1. The van der Waals surface area contributed by atoms with E-state index in [2.05, 4.69) is 5.32 Å². The van der Waals surface area contributed by atoms with Crippen LogP contribution in [0.25, 0.3) is 0 Å². The smallest absolute Gasteiger partial charge is 0.309 e. The van der Waals surface area contributed by atoms with Gasteiger partial charge in [0, 0.05) is 29.2 Å². The maximum atomic E-state index is 12.4. The van der Waals surface area contributed by atoms with Crippen LogP contribution in [0.1, 0.15) is 46.1 Å². The summed E-state index contributed by atoms with van der Waals surface area (Å²) in [5.41, 5.74) is 1.03. The fourth-order valence-electron chi connectivity index (χ4n) is 3.08. The fourth-order valence-corrected chi connectivity index (χ4v) is 3.25. The number of esters is 1. The molecule has 1 N–H and O–H groups in total. The molecular weight excluding hydrogens is 380 g/mol. The predicted octanol–water partition coefficient (Wildman–Crippen LogP) is 3.80. The van der Waals surface area contributed by atoms with Crippen LogP contribution >= 0.6 is 11.6 Å². The molecule has 1 aromatic carbocycles. The number of aryl methyl sites for hydroxylation is 1. The largest absolute Gasteiger partial charge is 0.452 e. The number of carbonyl (C=O) groups excluding carboxylic acids is 3. The second-order valence-electron chi connectivity index (χ2n) is 8.34. The molecule has 7 heteroatoms. The number of anilines is 1. The Hall–Kier alpha value is -2.08. The summed E-state index contributed by atoms with van der Waals surface area (Å²) in [5, 5.41) is 3.26. The topological polar surface area (TPSA) is 75.7 Å². The molecule has 154 valence electrons. The molecule has 28 heavy (non-hydrogen) atoms. The summed E-state index contributed by atoms with van der Waals surface area (Å²) in [7, 11) is 0. The Morgan fingerprint density at radius 2 is 1.82 bits per heavy atom. The van der Waals surface area contributed by atoms with Crippen LogP contribution in [0.2, 0.25) is 5.02 Å². The van der Waals surface area contributed by atoms with Gasteiger partial charge < -0.3 is 15.0 Å². The molecule has 1 aromatic rings. The van der Waals surface area contributed by atoms with Gasteiger partial charge in [0.15, 0.2) is 6.10 Å². The Morgan fingerprint density at radius 3 is 2.39 bits per heavy atom. The summed E-state index contributed by atoms with van der Waals surface area (Å²) in [6, 6.07) is 5.21. The number of nitrogens with one attached hydrogen (secondary N) is 1. The molecule has 0 saturated carbocycles. The third-order valence-corrected chi connectivity index (χ3v) is 5.11. The quantitative estimate of drug-likeness (QED) is 0.769. The summed E-state index contributed by atoms with van der Waals surface area (Å²) in [6.45, 7) is 10.1. The van der Waals surface area contributed by atoms with Crippen molar-refractivity contribution >= 4 is 35.1 Å². The van der Waals surface area contributed by atoms with Gasteiger partial charge in [-0.25, -0.2) is 0 Å². The second kappa shape index (κ2) is 8.95. The maximum absolute atomic E-state index is 12.4. The van der Waals surface area contributed by atoms with Gasteiger partial charge in [-0.2, -0.15) is 0 Å². The van der Waals surface area contributed by atoms with Crippen molar-refractivity contribution in [3.8, 4) is 0 Å². The molecule has 0 aliphatic carbocycles. The number of ether oxygens (including phenoxy) is 1. The third-order valence-electron chi connectivity index (χ3n) is 4.88. The van der Waals surface area contributed by atoms with Crippen molar-refractivity contribution in [3.05, 3.63) is 28.8 Å². The molecule has 1 fully saturated rings. The molecule has 1 aliphatic heterocycles. The van der Waals surface area contributed by atoms with E-state index in [1.165, 1.54) is 0 Å². The lowest BCUT2D eigenvalue weighted by Gasteiger charge is -2.35. The number of piperidine rings is 1. The van der Waals surface area contributed by atoms with E-state index in [-0.39, 0.29) is 11.8 Å². The van der Waals surface area contributed by atoms with Crippen LogP contribution in [-0.2, 0) is 19.1 Å². The van der Waals surface area contributed by atoms with Gasteiger partial charge in [-0.15, -0.1) is 0 Å². The maximum Gasteiger partial charge on any atom is 0.309 e. The van der Waals surface area contributed by atoms with E-state index in [1.54, 1.807) is 30.0 Å². The Balaban J connectivity index is 1.86. The number of hydrogen-bond donors (Lipinski definition) is 1. The van der Waals surface area contributed by atoms with Gasteiger partial charge in [-0.1, -0.05) is 38.4 Å². The van der Waals surface area contributed by atoms with Gasteiger partial charge in [-0.05, 0) is 44.4 Å². The fraction of sp³-hybridized carbons (Fsp3) is 0.571. The van der Waals surface area contributed by atoms with Crippen molar-refractivity contribution < 1.29 is 19.1 Å². The zero-order valence-electron chi connectivity index (χ0n) is 17.2. The molecule has 1 saturated heterocycles. The number of likely N-dealkylation sites (tertiary alicyclic amines) is 1. The van der Waals surface area contributed by atoms with Gasteiger partial charge in [-0.3, -0.25) is 14.4 Å². The lowest BCUT2D eigenvalue weighted by molar-refractivity contribution is -0.160. The Morgan fingerprint density at radius 1 is 1.21 bits per heavy atom. The second-order valence-corrected chi connectivity index (χ2v) is 8.78. The first-order valence-corrected chi connectivity index (χ1v) is 9.93. The first-order chi connectivity index (χ1) is 13.0. The average molecular weight is 409 g/mol. The van der Waals surface area contributed by atoms with E-state index in [9.17, 15) is 14.4 Å². The number of halogens is 1. The molecule has 0 spiro atoms. The van der Waals surface area contributed by atoms with Crippen molar-refractivity contribution in [2.45, 2.75) is 53.6 Å². The van der Waals surface area contributed by atoms with Crippen LogP contribution < -0.4 is 5.32 Å². The third kappa shape index (κ3) is 5.71. The predicted molar refractivity (Wildman–Crippen MR) is 109 cm³/mol. The van der Waals surface area contributed by atoms with Crippen molar-refractivity contribution in [1.82, 2.24) is 4.90 Å². The number of amides is 2. The summed E-state index contributed by atoms with van der Waals surface area (Å²) < 4.78 is 5.37. The monoisotopic (exact) mass is 408 g/mol. The zero-order valence-corrected chi connectivity index (χ0v) is 17.9. The summed E-state index contributed by atoms with van der Waals surface area (Å²) >= 11 is 5.96. The number of rotatable bonds is 4. The lowest BCUT2D eigenvalue weighted by Crippen LogP contribution is -2.45. The van der Waals surface area contributed by atoms with E-state index in [0.717, 1.165) is 5.56 Å². The normalized spacial score (nSPS) is 16.4. The molecule has 0 unspecified atom stereocenters. The molecule has 6 nitrogen and oxygen atoms in total. The van der Waals surface area contributed by atoms with Crippen LogP contribution in [0.3, 0.4) is 0 Å². The molecule has 2 amide bonds. The average Bonchev–Trinajstić information content (AvgIpc) is 2.63. The molecule has 0 bridgehead atoms. The van der Waals surface area contributed by atoms with E-state index in [4.69, 9.17) is 16.3 Å². The highest BCUT2D eigenvalue weighted by atomic mass is 35.5. The molecule has 1 heterocycles. The Kier molecular flexibility index (Phi) is 7.10. The van der Waals surface area contributed by atoms with Crippen LogP contribution in [0.15, 0.2) is 18.2 Å². The molecular formula is C21H29ClN2O4. The first-order valence-electron chi connectivity index (χ1n) is 9.56. The standard InChI is InChI=1S/C21H29ClN2O4/c1-13-6-7-16(22)12-17(13)23-18(25)14(2)28-19(26)15-8-10-24(11-9-15)20(27)21(3,4)5/h6-7,12,14-15H,8-11H2,1-5H3,(H,23,25)/t14-/m1/s1. The van der Waals surface area contributed by atoms with E-state index in [0.29, 0.717) is 36.6 Å². The number of benzene rings is 1. The van der Waals surface area contributed by atoms with Crippen LogP contribution in [0, 0.1) is 18.3 Å². The highest BCUT2D eigenvalue weighted by Crippen LogP contribution is 2.25. The van der Waals surface area contributed by atoms with Crippen molar-refractivity contribution in [2.24, 2.45) is 11.3 Å². The van der Waals surface area contributed by atoms with Crippen LogP contribution in [0.5, 0.6) is 0 Å². The molecule has 0 aromatic heterocycles. The van der Waals surface area contributed by atoms with Gasteiger partial charge in [0.2, 0.25) is 5.91 Å². The number of hydrogen-bond acceptors (Lipinski definition) is 4. The summed E-state index contributed by atoms with van der Waals surface area (Å²) in [5.74, 6) is -1.01. The van der Waals surface area contributed by atoms with Gasteiger partial charge in [0.05, 0.1) is 5.92 Å². The molecule has 1 aliphatic rings. The van der Waals surface area contributed by atoms with Crippen LogP contribution in [-0.4, -0.2) is 41.9 Å². The van der Waals surface area contributed by atoms with E-state index >= 15 is 0 Å². The minimum Gasteiger partial charge on any atom is -0.452 e. The van der Waals surface area contributed by atoms with Gasteiger partial charge in [0.1, 0.15) is 0 Å².